The molecule has 0 aliphatic heterocycles. The number of methoxy groups -OCH3 is 1. The highest BCUT2D eigenvalue weighted by Crippen LogP contribution is 2.40. The van der Waals surface area contributed by atoms with Gasteiger partial charge in [-0.05, 0) is 41.7 Å². The van der Waals surface area contributed by atoms with Gasteiger partial charge in [-0.1, -0.05) is 26.8 Å². The van der Waals surface area contributed by atoms with E-state index in [1.54, 1.807) is 13.2 Å². The summed E-state index contributed by atoms with van der Waals surface area (Å²) in [6.07, 6.45) is 5.62. The Balaban J connectivity index is 2.95. The fourth-order valence-electron chi connectivity index (χ4n) is 2.56. The van der Waals surface area contributed by atoms with Gasteiger partial charge in [0.05, 0.1) is 6.10 Å². The normalized spacial score (nSPS) is 23.4. The fraction of sp³-hybridized carbons (Fsp3) is 0.667. The van der Waals surface area contributed by atoms with Gasteiger partial charge in [0.2, 0.25) is 0 Å². The first-order chi connectivity index (χ1) is 7.93. The lowest BCUT2D eigenvalue weighted by Crippen LogP contribution is -2.27. The Hall–Kier alpha value is -0.890. The molecule has 0 heterocycles. The van der Waals surface area contributed by atoms with Gasteiger partial charge in [-0.2, -0.15) is 0 Å². The van der Waals surface area contributed by atoms with E-state index in [4.69, 9.17) is 4.74 Å². The standard InChI is InChI=1S/C15H24O2/c1-6-14(17-5)13-8-7-12(15(2,3)4)9-11(13)10-16/h6,10,12,14H,1,7-9H2,2-5H3. The summed E-state index contributed by atoms with van der Waals surface area (Å²) in [6.45, 7) is 10.5. The number of carbonyl (C=O) groups is 1. The van der Waals surface area contributed by atoms with Gasteiger partial charge in [0.1, 0.15) is 6.29 Å². The van der Waals surface area contributed by atoms with Gasteiger partial charge in [-0.25, -0.2) is 0 Å². The molecule has 96 valence electrons. The highest BCUT2D eigenvalue weighted by Gasteiger charge is 2.31. The van der Waals surface area contributed by atoms with Crippen LogP contribution in [0.25, 0.3) is 0 Å². The zero-order chi connectivity index (χ0) is 13.1. The maximum absolute atomic E-state index is 11.2. The average molecular weight is 236 g/mol. The second kappa shape index (κ2) is 5.63. The van der Waals surface area contributed by atoms with E-state index in [0.29, 0.717) is 5.92 Å². The zero-order valence-electron chi connectivity index (χ0n) is 11.5. The highest BCUT2D eigenvalue weighted by molar-refractivity contribution is 5.75. The summed E-state index contributed by atoms with van der Waals surface area (Å²) in [7, 11) is 1.66. The Bertz CT molecular complexity index is 320. The van der Waals surface area contributed by atoms with E-state index >= 15 is 0 Å². The summed E-state index contributed by atoms with van der Waals surface area (Å²) >= 11 is 0. The van der Waals surface area contributed by atoms with Crippen molar-refractivity contribution in [2.24, 2.45) is 11.3 Å². The van der Waals surface area contributed by atoms with Gasteiger partial charge in [-0.3, -0.25) is 4.79 Å². The second-order valence-corrected chi connectivity index (χ2v) is 5.87. The van der Waals surface area contributed by atoms with E-state index in [9.17, 15) is 4.79 Å². The molecular formula is C15H24O2. The third kappa shape index (κ3) is 3.29. The smallest absolute Gasteiger partial charge is 0.146 e. The van der Waals surface area contributed by atoms with E-state index in [2.05, 4.69) is 27.4 Å². The minimum atomic E-state index is -0.101. The van der Waals surface area contributed by atoms with Crippen molar-refractivity contribution in [3.63, 3.8) is 0 Å². The number of hydrogen-bond acceptors (Lipinski definition) is 2. The molecule has 0 spiro atoms. The number of rotatable bonds is 4. The van der Waals surface area contributed by atoms with Crippen LogP contribution in [0.1, 0.15) is 40.0 Å². The van der Waals surface area contributed by atoms with Crippen LogP contribution in [0.2, 0.25) is 0 Å². The van der Waals surface area contributed by atoms with Gasteiger partial charge < -0.3 is 4.74 Å². The largest absolute Gasteiger partial charge is 0.373 e. The maximum atomic E-state index is 11.2. The van der Waals surface area contributed by atoms with Gasteiger partial charge in [0, 0.05) is 7.11 Å². The minimum absolute atomic E-state index is 0.101. The summed E-state index contributed by atoms with van der Waals surface area (Å²) in [5, 5.41) is 0. The molecule has 1 rings (SSSR count). The number of allylic oxidation sites excluding steroid dienone is 1. The van der Waals surface area contributed by atoms with Crippen LogP contribution in [0.3, 0.4) is 0 Å². The third-order valence-electron chi connectivity index (χ3n) is 3.82. The molecule has 0 aromatic heterocycles. The number of carbonyl (C=O) groups excluding carboxylic acids is 1. The topological polar surface area (TPSA) is 26.3 Å². The first kappa shape index (κ1) is 14.2. The van der Waals surface area contributed by atoms with Crippen LogP contribution >= 0.6 is 0 Å². The van der Waals surface area contributed by atoms with Crippen LogP contribution in [-0.2, 0) is 9.53 Å². The third-order valence-corrected chi connectivity index (χ3v) is 3.82. The lowest BCUT2D eigenvalue weighted by Gasteiger charge is -2.36. The molecule has 0 amide bonds. The van der Waals surface area contributed by atoms with Gasteiger partial charge in [-0.15, -0.1) is 6.58 Å². The lowest BCUT2D eigenvalue weighted by atomic mass is 9.70. The summed E-state index contributed by atoms with van der Waals surface area (Å²) in [5.74, 6) is 0.578. The van der Waals surface area contributed by atoms with Crippen LogP contribution in [0.4, 0.5) is 0 Å². The number of hydrogen-bond donors (Lipinski definition) is 0. The molecule has 0 fully saturated rings. The molecule has 0 saturated carbocycles. The number of aldehydes is 1. The van der Waals surface area contributed by atoms with Crippen LogP contribution in [0.5, 0.6) is 0 Å². The van der Waals surface area contributed by atoms with Crippen molar-refractivity contribution in [3.8, 4) is 0 Å². The summed E-state index contributed by atoms with van der Waals surface area (Å²) in [4.78, 5) is 11.2. The monoisotopic (exact) mass is 236 g/mol. The van der Waals surface area contributed by atoms with Crippen molar-refractivity contribution in [3.05, 3.63) is 23.8 Å². The van der Waals surface area contributed by atoms with E-state index in [0.717, 1.165) is 36.7 Å². The van der Waals surface area contributed by atoms with Crippen molar-refractivity contribution in [2.75, 3.05) is 7.11 Å². The number of ether oxygens (including phenoxy) is 1. The predicted molar refractivity (Wildman–Crippen MR) is 70.9 cm³/mol. The molecule has 0 aromatic rings. The zero-order valence-corrected chi connectivity index (χ0v) is 11.5. The van der Waals surface area contributed by atoms with Crippen molar-refractivity contribution >= 4 is 6.29 Å². The van der Waals surface area contributed by atoms with Crippen molar-refractivity contribution in [2.45, 2.75) is 46.1 Å². The first-order valence-corrected chi connectivity index (χ1v) is 6.26. The molecule has 2 unspecified atom stereocenters. The van der Waals surface area contributed by atoms with Crippen LogP contribution in [0, 0.1) is 11.3 Å². The molecule has 2 heteroatoms. The van der Waals surface area contributed by atoms with E-state index in [1.165, 1.54) is 0 Å². The van der Waals surface area contributed by atoms with E-state index < -0.39 is 0 Å². The van der Waals surface area contributed by atoms with Gasteiger partial charge in [0.25, 0.3) is 0 Å². The van der Waals surface area contributed by atoms with Crippen molar-refractivity contribution in [1.29, 1.82) is 0 Å². The Kier molecular flexibility index (Phi) is 4.70. The van der Waals surface area contributed by atoms with E-state index in [-0.39, 0.29) is 11.5 Å². The van der Waals surface area contributed by atoms with E-state index in [1.807, 2.05) is 0 Å². The van der Waals surface area contributed by atoms with Crippen LogP contribution < -0.4 is 0 Å². The van der Waals surface area contributed by atoms with Crippen molar-refractivity contribution in [1.82, 2.24) is 0 Å². The lowest BCUT2D eigenvalue weighted by molar-refractivity contribution is -0.105. The molecule has 0 bridgehead atoms. The van der Waals surface area contributed by atoms with Gasteiger partial charge >= 0.3 is 0 Å². The summed E-state index contributed by atoms with van der Waals surface area (Å²) < 4.78 is 5.36. The van der Waals surface area contributed by atoms with Crippen molar-refractivity contribution < 1.29 is 9.53 Å². The summed E-state index contributed by atoms with van der Waals surface area (Å²) in [5.41, 5.74) is 2.30. The SMILES string of the molecule is C=CC(OC)C1=C(C=O)CC(C(C)(C)C)CC1. The first-order valence-electron chi connectivity index (χ1n) is 6.26. The second-order valence-electron chi connectivity index (χ2n) is 5.87. The molecular weight excluding hydrogens is 212 g/mol. The summed E-state index contributed by atoms with van der Waals surface area (Å²) in [6, 6.07) is 0. The molecule has 0 aromatic carbocycles. The Morgan fingerprint density at radius 3 is 2.53 bits per heavy atom. The van der Waals surface area contributed by atoms with Crippen LogP contribution in [0.15, 0.2) is 23.8 Å². The Morgan fingerprint density at radius 1 is 1.47 bits per heavy atom. The maximum Gasteiger partial charge on any atom is 0.146 e. The molecule has 2 atom stereocenters. The molecule has 1 aliphatic rings. The molecule has 17 heavy (non-hydrogen) atoms. The molecule has 0 radical (unpaired) electrons. The Labute approximate surface area is 105 Å². The quantitative estimate of drug-likeness (QED) is 0.551. The minimum Gasteiger partial charge on any atom is -0.373 e. The highest BCUT2D eigenvalue weighted by atomic mass is 16.5. The van der Waals surface area contributed by atoms with Crippen LogP contribution in [-0.4, -0.2) is 19.5 Å². The predicted octanol–water partition coefficient (Wildman–Crippen LogP) is 3.53. The fourth-order valence-corrected chi connectivity index (χ4v) is 2.56. The molecule has 2 nitrogen and oxygen atoms in total. The Morgan fingerprint density at radius 2 is 2.12 bits per heavy atom. The molecule has 0 saturated heterocycles. The molecule has 1 aliphatic carbocycles. The van der Waals surface area contributed by atoms with Gasteiger partial charge in [0.15, 0.2) is 0 Å². The average Bonchev–Trinajstić information content (AvgIpc) is 2.29. The molecule has 0 N–H and O–H groups in total.